The molecule has 0 radical (unpaired) electrons. The molecule has 5 nitrogen and oxygen atoms in total. The van der Waals surface area contributed by atoms with Crippen LogP contribution in [0.2, 0.25) is 0 Å². The van der Waals surface area contributed by atoms with Crippen molar-refractivity contribution in [2.45, 2.75) is 102 Å². The molecule has 0 aromatic heterocycles. The van der Waals surface area contributed by atoms with Crippen molar-refractivity contribution < 1.29 is 24.1 Å². The molecule has 2 heterocycles. The zero-order valence-electron chi connectivity index (χ0n) is 18.0. The lowest BCUT2D eigenvalue weighted by Crippen LogP contribution is -2.31. The molecule has 0 amide bonds. The fourth-order valence-corrected chi connectivity index (χ4v) is 4.80. The van der Waals surface area contributed by atoms with Gasteiger partial charge in [-0.05, 0) is 57.3 Å². The second-order valence-electron chi connectivity index (χ2n) is 8.68. The Morgan fingerprint density at radius 1 is 1.10 bits per heavy atom. The summed E-state index contributed by atoms with van der Waals surface area (Å²) in [6.45, 7) is 7.63. The first-order valence-corrected chi connectivity index (χ1v) is 11.7. The van der Waals surface area contributed by atoms with E-state index in [1.807, 2.05) is 6.08 Å². The van der Waals surface area contributed by atoms with Crippen LogP contribution in [-0.2, 0) is 18.9 Å². The Labute approximate surface area is 176 Å². The standard InChI is InChI=1S/C24H40O5/c1-3-9-18(28-23-11-5-7-15-26-23)13-14-20-19(10-4-2)21(25)17-22(20)29-24-12-6-8-16-27-24/h4,13-14,18-25H,2-3,5-12,15-17H2,1H3/b14-13+/t18-,19+,20+,21-,22+,23?,24?/m0/s1. The third-order valence-corrected chi connectivity index (χ3v) is 6.38. The van der Waals surface area contributed by atoms with Crippen LogP contribution in [0.1, 0.15) is 71.1 Å². The Morgan fingerprint density at radius 3 is 2.45 bits per heavy atom. The zero-order valence-corrected chi connectivity index (χ0v) is 18.0. The summed E-state index contributed by atoms with van der Waals surface area (Å²) in [6.07, 6.45) is 15.6. The molecule has 7 atom stereocenters. The number of hydrogen-bond acceptors (Lipinski definition) is 5. The van der Waals surface area contributed by atoms with E-state index in [9.17, 15) is 5.11 Å². The fraction of sp³-hybridized carbons (Fsp3) is 0.833. The first-order valence-electron chi connectivity index (χ1n) is 11.7. The van der Waals surface area contributed by atoms with Crippen molar-refractivity contribution in [3.8, 4) is 0 Å². The molecule has 3 fully saturated rings. The third-order valence-electron chi connectivity index (χ3n) is 6.38. The van der Waals surface area contributed by atoms with E-state index in [1.54, 1.807) is 0 Å². The first-order chi connectivity index (χ1) is 14.2. The van der Waals surface area contributed by atoms with E-state index >= 15 is 0 Å². The van der Waals surface area contributed by atoms with Crippen LogP contribution >= 0.6 is 0 Å². The van der Waals surface area contributed by atoms with Gasteiger partial charge in [0.25, 0.3) is 0 Å². The predicted molar refractivity (Wildman–Crippen MR) is 113 cm³/mol. The molecule has 2 unspecified atom stereocenters. The van der Waals surface area contributed by atoms with Crippen molar-refractivity contribution in [1.82, 2.24) is 0 Å². The summed E-state index contributed by atoms with van der Waals surface area (Å²) >= 11 is 0. The minimum atomic E-state index is -0.372. The summed E-state index contributed by atoms with van der Waals surface area (Å²) in [5.41, 5.74) is 0. The molecule has 0 bridgehead atoms. The Morgan fingerprint density at radius 2 is 1.83 bits per heavy atom. The van der Waals surface area contributed by atoms with Crippen LogP contribution in [0.5, 0.6) is 0 Å². The van der Waals surface area contributed by atoms with Gasteiger partial charge in [0, 0.05) is 25.6 Å². The number of aliphatic hydroxyl groups is 1. The molecule has 29 heavy (non-hydrogen) atoms. The van der Waals surface area contributed by atoms with Gasteiger partial charge >= 0.3 is 0 Å². The third kappa shape index (κ3) is 6.90. The molecule has 166 valence electrons. The van der Waals surface area contributed by atoms with Gasteiger partial charge in [-0.25, -0.2) is 0 Å². The van der Waals surface area contributed by atoms with Crippen molar-refractivity contribution in [2.75, 3.05) is 13.2 Å². The van der Waals surface area contributed by atoms with E-state index in [-0.39, 0.29) is 42.7 Å². The summed E-state index contributed by atoms with van der Waals surface area (Å²) in [7, 11) is 0. The van der Waals surface area contributed by atoms with Crippen molar-refractivity contribution in [3.05, 3.63) is 24.8 Å². The molecular formula is C24H40O5. The second-order valence-corrected chi connectivity index (χ2v) is 8.68. The maximum Gasteiger partial charge on any atom is 0.158 e. The lowest BCUT2D eigenvalue weighted by Gasteiger charge is -2.29. The Bertz CT molecular complexity index is 495. The van der Waals surface area contributed by atoms with Crippen LogP contribution in [0.3, 0.4) is 0 Å². The van der Waals surface area contributed by atoms with Gasteiger partial charge < -0.3 is 24.1 Å². The van der Waals surface area contributed by atoms with Gasteiger partial charge in [0.15, 0.2) is 12.6 Å². The molecule has 0 aromatic carbocycles. The maximum absolute atomic E-state index is 10.7. The molecule has 2 saturated heterocycles. The Kier molecular flexibility index (Phi) is 9.67. The summed E-state index contributed by atoms with van der Waals surface area (Å²) in [4.78, 5) is 0. The average Bonchev–Trinajstić information content (AvgIpc) is 3.02. The number of aliphatic hydroxyl groups excluding tert-OH is 1. The quantitative estimate of drug-likeness (QED) is 0.529. The van der Waals surface area contributed by atoms with Gasteiger partial charge in [0.05, 0.1) is 18.3 Å². The number of allylic oxidation sites excluding steroid dienone is 1. The minimum absolute atomic E-state index is 0.0255. The Balaban J connectivity index is 1.65. The topological polar surface area (TPSA) is 57.2 Å². The van der Waals surface area contributed by atoms with Gasteiger partial charge in [0.2, 0.25) is 0 Å². The molecule has 0 spiro atoms. The molecule has 1 saturated carbocycles. The highest BCUT2D eigenvalue weighted by atomic mass is 16.7. The molecular weight excluding hydrogens is 368 g/mol. The van der Waals surface area contributed by atoms with E-state index in [1.165, 1.54) is 6.42 Å². The van der Waals surface area contributed by atoms with Crippen LogP contribution in [0.25, 0.3) is 0 Å². The lowest BCUT2D eigenvalue weighted by molar-refractivity contribution is -0.193. The van der Waals surface area contributed by atoms with Crippen LogP contribution in [0.4, 0.5) is 0 Å². The summed E-state index contributed by atoms with van der Waals surface area (Å²) in [5, 5.41) is 10.7. The SMILES string of the molecule is C=CC[C@@H]1[C@@H](/C=C/[C@H](CCC)OC2CCCCO2)[C@H](OC2CCCCO2)C[C@@H]1O. The molecule has 1 aliphatic carbocycles. The van der Waals surface area contributed by atoms with Crippen molar-refractivity contribution in [2.24, 2.45) is 11.8 Å². The number of ether oxygens (including phenoxy) is 4. The largest absolute Gasteiger partial charge is 0.393 e. The normalized spacial score (nSPS) is 37.0. The van der Waals surface area contributed by atoms with Crippen molar-refractivity contribution in [1.29, 1.82) is 0 Å². The van der Waals surface area contributed by atoms with Crippen LogP contribution in [0, 0.1) is 11.8 Å². The summed E-state index contributed by atoms with van der Waals surface area (Å²) in [5.74, 6) is 0.273. The van der Waals surface area contributed by atoms with Gasteiger partial charge in [0.1, 0.15) is 0 Å². The van der Waals surface area contributed by atoms with Gasteiger partial charge in [-0.2, -0.15) is 0 Å². The van der Waals surface area contributed by atoms with E-state index in [0.717, 1.165) is 64.6 Å². The summed E-state index contributed by atoms with van der Waals surface area (Å²) < 4.78 is 24.1. The van der Waals surface area contributed by atoms with Crippen LogP contribution < -0.4 is 0 Å². The number of hydrogen-bond donors (Lipinski definition) is 1. The molecule has 1 N–H and O–H groups in total. The molecule has 3 aliphatic rings. The van der Waals surface area contributed by atoms with E-state index in [4.69, 9.17) is 18.9 Å². The minimum Gasteiger partial charge on any atom is -0.393 e. The van der Waals surface area contributed by atoms with E-state index in [2.05, 4.69) is 25.7 Å². The van der Waals surface area contributed by atoms with E-state index in [0.29, 0.717) is 6.42 Å². The van der Waals surface area contributed by atoms with Gasteiger partial charge in [-0.15, -0.1) is 6.58 Å². The van der Waals surface area contributed by atoms with Crippen LogP contribution in [-0.4, -0.2) is 49.2 Å². The van der Waals surface area contributed by atoms with Crippen molar-refractivity contribution in [3.63, 3.8) is 0 Å². The molecule has 0 aromatic rings. The molecule has 3 rings (SSSR count). The fourth-order valence-electron chi connectivity index (χ4n) is 4.80. The second kappa shape index (κ2) is 12.2. The monoisotopic (exact) mass is 408 g/mol. The highest BCUT2D eigenvalue weighted by Gasteiger charge is 2.42. The average molecular weight is 409 g/mol. The summed E-state index contributed by atoms with van der Waals surface area (Å²) in [6, 6.07) is 0. The predicted octanol–water partition coefficient (Wildman–Crippen LogP) is 4.74. The smallest absolute Gasteiger partial charge is 0.158 e. The zero-order chi connectivity index (χ0) is 20.5. The Hall–Kier alpha value is -0.720. The van der Waals surface area contributed by atoms with E-state index < -0.39 is 0 Å². The van der Waals surface area contributed by atoms with Gasteiger partial charge in [-0.3, -0.25) is 0 Å². The maximum atomic E-state index is 10.7. The van der Waals surface area contributed by atoms with Gasteiger partial charge in [-0.1, -0.05) is 31.6 Å². The van der Waals surface area contributed by atoms with Crippen LogP contribution in [0.15, 0.2) is 24.8 Å². The highest BCUT2D eigenvalue weighted by molar-refractivity contribution is 5.06. The highest BCUT2D eigenvalue weighted by Crippen LogP contribution is 2.39. The lowest BCUT2D eigenvalue weighted by atomic mass is 9.89. The number of rotatable bonds is 10. The molecule has 2 aliphatic heterocycles. The molecule has 5 heteroatoms. The van der Waals surface area contributed by atoms with Crippen molar-refractivity contribution >= 4 is 0 Å². The first kappa shape index (κ1) is 23.0.